The molecule has 0 heterocycles. The van der Waals surface area contributed by atoms with Crippen molar-refractivity contribution in [1.29, 1.82) is 0 Å². The predicted molar refractivity (Wildman–Crippen MR) is 89.1 cm³/mol. The van der Waals surface area contributed by atoms with E-state index in [0.717, 1.165) is 16.7 Å². The fraction of sp³-hybridized carbons (Fsp3) is 0.588. The minimum atomic E-state index is -0.125. The van der Waals surface area contributed by atoms with E-state index in [1.165, 1.54) is 0 Å². The van der Waals surface area contributed by atoms with E-state index in [0.29, 0.717) is 18.6 Å². The second-order valence-electron chi connectivity index (χ2n) is 7.43. The first-order valence-corrected chi connectivity index (χ1v) is 7.42. The van der Waals surface area contributed by atoms with Crippen LogP contribution < -0.4 is 0 Å². The van der Waals surface area contributed by atoms with E-state index in [2.05, 4.69) is 41.5 Å². The molecule has 0 atom stereocenters. The lowest BCUT2D eigenvalue weighted by Gasteiger charge is -2.28. The van der Waals surface area contributed by atoms with Crippen molar-refractivity contribution in [3.8, 4) is 5.75 Å². The van der Waals surface area contributed by atoms with Gasteiger partial charge < -0.3 is 10.2 Å². The molecule has 0 aliphatic heterocycles. The van der Waals surface area contributed by atoms with E-state index >= 15 is 0 Å². The van der Waals surface area contributed by atoms with E-state index in [1.54, 1.807) is 0 Å². The van der Waals surface area contributed by atoms with Crippen LogP contribution >= 0.6 is 12.2 Å². The lowest BCUT2D eigenvalue weighted by molar-refractivity contribution is 0.422. The first kappa shape index (κ1) is 17.0. The SMILES string of the molecule is CC(C)(C)c1cc(CCC(O)=S)cc(C(C)(C)C)c1O. The van der Waals surface area contributed by atoms with Gasteiger partial charge in [0.1, 0.15) is 5.75 Å². The van der Waals surface area contributed by atoms with Gasteiger partial charge in [-0.05, 0) is 46.2 Å². The van der Waals surface area contributed by atoms with Crippen LogP contribution in [0.2, 0.25) is 0 Å². The molecule has 0 aliphatic carbocycles. The van der Waals surface area contributed by atoms with Gasteiger partial charge in [-0.3, -0.25) is 0 Å². The van der Waals surface area contributed by atoms with Crippen LogP contribution in [0.1, 0.15) is 64.7 Å². The standard InChI is InChI=1S/C17H26O2S/c1-16(2,3)12-9-11(7-8-14(18)20)10-13(15(12)19)17(4,5)6/h9-10,19H,7-8H2,1-6H3,(H,18,20). The van der Waals surface area contributed by atoms with E-state index < -0.39 is 0 Å². The Labute approximate surface area is 127 Å². The Balaban J connectivity index is 3.38. The van der Waals surface area contributed by atoms with Crippen molar-refractivity contribution >= 4 is 17.3 Å². The molecule has 0 bridgehead atoms. The van der Waals surface area contributed by atoms with Crippen LogP contribution in [-0.4, -0.2) is 15.3 Å². The summed E-state index contributed by atoms with van der Waals surface area (Å²) in [6.07, 6.45) is 1.18. The zero-order valence-electron chi connectivity index (χ0n) is 13.4. The third-order valence-electron chi connectivity index (χ3n) is 3.41. The fourth-order valence-electron chi connectivity index (χ4n) is 2.23. The zero-order chi connectivity index (χ0) is 15.7. The Morgan fingerprint density at radius 3 is 1.70 bits per heavy atom. The number of phenolic OH excluding ortho intramolecular Hbond substituents is 1. The molecule has 0 aliphatic rings. The number of aliphatic hydroxyl groups is 1. The Bertz CT molecular complexity index is 470. The minimum Gasteiger partial charge on any atom is -0.507 e. The zero-order valence-corrected chi connectivity index (χ0v) is 14.2. The van der Waals surface area contributed by atoms with Crippen molar-refractivity contribution in [1.82, 2.24) is 0 Å². The summed E-state index contributed by atoms with van der Waals surface area (Å²) in [5, 5.41) is 19.8. The van der Waals surface area contributed by atoms with Gasteiger partial charge in [-0.25, -0.2) is 0 Å². The van der Waals surface area contributed by atoms with E-state index in [4.69, 9.17) is 12.2 Å². The van der Waals surface area contributed by atoms with Gasteiger partial charge in [0.05, 0.1) is 0 Å². The number of rotatable bonds is 3. The number of thiocarbonyl (C=S) groups is 1. The average molecular weight is 294 g/mol. The van der Waals surface area contributed by atoms with Crippen molar-refractivity contribution in [2.75, 3.05) is 0 Å². The lowest BCUT2D eigenvalue weighted by Crippen LogP contribution is -2.18. The summed E-state index contributed by atoms with van der Waals surface area (Å²) in [6.45, 7) is 12.6. The van der Waals surface area contributed by atoms with Gasteiger partial charge in [-0.15, -0.1) is 0 Å². The highest BCUT2D eigenvalue weighted by atomic mass is 32.1. The summed E-state index contributed by atoms with van der Waals surface area (Å²) < 4.78 is 0. The van der Waals surface area contributed by atoms with Crippen LogP contribution in [-0.2, 0) is 17.3 Å². The van der Waals surface area contributed by atoms with Crippen molar-refractivity contribution in [3.05, 3.63) is 28.8 Å². The van der Waals surface area contributed by atoms with Gasteiger partial charge in [0.25, 0.3) is 0 Å². The summed E-state index contributed by atoms with van der Waals surface area (Å²) >= 11 is 4.74. The van der Waals surface area contributed by atoms with Crippen molar-refractivity contribution in [2.45, 2.75) is 65.2 Å². The molecule has 2 nitrogen and oxygen atoms in total. The van der Waals surface area contributed by atoms with Crippen molar-refractivity contribution < 1.29 is 10.2 Å². The summed E-state index contributed by atoms with van der Waals surface area (Å²) in [4.78, 5) is 0. The highest BCUT2D eigenvalue weighted by Gasteiger charge is 2.26. The number of aryl methyl sites for hydroxylation is 1. The molecule has 2 N–H and O–H groups in total. The average Bonchev–Trinajstić information content (AvgIpc) is 2.24. The van der Waals surface area contributed by atoms with Crippen LogP contribution in [0.15, 0.2) is 12.1 Å². The molecular weight excluding hydrogens is 268 g/mol. The summed E-state index contributed by atoms with van der Waals surface area (Å²) in [6, 6.07) is 4.06. The fourth-order valence-corrected chi connectivity index (χ4v) is 2.34. The van der Waals surface area contributed by atoms with E-state index in [9.17, 15) is 10.2 Å². The topological polar surface area (TPSA) is 40.5 Å². The first-order valence-electron chi connectivity index (χ1n) is 7.01. The Hall–Kier alpha value is -1.09. The lowest BCUT2D eigenvalue weighted by atomic mass is 9.78. The van der Waals surface area contributed by atoms with E-state index in [-0.39, 0.29) is 15.9 Å². The van der Waals surface area contributed by atoms with Crippen LogP contribution in [0.25, 0.3) is 0 Å². The monoisotopic (exact) mass is 294 g/mol. The smallest absolute Gasteiger partial charge is 0.156 e. The molecule has 0 saturated carbocycles. The molecule has 112 valence electrons. The molecule has 3 heteroatoms. The number of hydrogen-bond donors (Lipinski definition) is 2. The van der Waals surface area contributed by atoms with Crippen LogP contribution in [0.5, 0.6) is 5.75 Å². The van der Waals surface area contributed by atoms with Gasteiger partial charge in [0, 0.05) is 6.42 Å². The summed E-state index contributed by atoms with van der Waals surface area (Å²) in [5.74, 6) is 0.389. The maximum absolute atomic E-state index is 10.6. The normalized spacial score (nSPS) is 12.5. The van der Waals surface area contributed by atoms with Crippen molar-refractivity contribution in [3.63, 3.8) is 0 Å². The Morgan fingerprint density at radius 2 is 1.40 bits per heavy atom. The second-order valence-corrected chi connectivity index (χ2v) is 7.90. The van der Waals surface area contributed by atoms with Gasteiger partial charge in [-0.2, -0.15) is 0 Å². The third kappa shape index (κ3) is 4.20. The number of aromatic hydroxyl groups is 1. The van der Waals surface area contributed by atoms with Crippen LogP contribution in [0.4, 0.5) is 0 Å². The largest absolute Gasteiger partial charge is 0.507 e. The maximum atomic E-state index is 10.6. The van der Waals surface area contributed by atoms with Gasteiger partial charge >= 0.3 is 0 Å². The second kappa shape index (κ2) is 5.72. The molecular formula is C17H26O2S. The van der Waals surface area contributed by atoms with Crippen LogP contribution in [0.3, 0.4) is 0 Å². The van der Waals surface area contributed by atoms with E-state index in [1.807, 2.05) is 12.1 Å². The molecule has 1 rings (SSSR count). The molecule has 1 aromatic carbocycles. The summed E-state index contributed by atoms with van der Waals surface area (Å²) in [7, 11) is 0. The highest BCUT2D eigenvalue weighted by molar-refractivity contribution is 7.80. The van der Waals surface area contributed by atoms with Gasteiger partial charge in [0.15, 0.2) is 5.05 Å². The Morgan fingerprint density at radius 1 is 1.00 bits per heavy atom. The third-order valence-corrected chi connectivity index (χ3v) is 3.62. The molecule has 0 aromatic heterocycles. The summed E-state index contributed by atoms with van der Waals surface area (Å²) in [5.41, 5.74) is 2.75. The first-order chi connectivity index (χ1) is 8.93. The number of hydrogen-bond acceptors (Lipinski definition) is 2. The highest BCUT2D eigenvalue weighted by Crippen LogP contribution is 2.39. The van der Waals surface area contributed by atoms with Gasteiger partial charge in [-0.1, -0.05) is 53.7 Å². The molecule has 0 fully saturated rings. The maximum Gasteiger partial charge on any atom is 0.156 e. The molecule has 0 amide bonds. The Kier molecular flexibility index (Phi) is 4.86. The molecule has 20 heavy (non-hydrogen) atoms. The van der Waals surface area contributed by atoms with Gasteiger partial charge in [0.2, 0.25) is 0 Å². The molecule has 0 radical (unpaired) electrons. The van der Waals surface area contributed by atoms with Crippen LogP contribution in [0, 0.1) is 0 Å². The molecule has 0 saturated heterocycles. The molecule has 0 unspecified atom stereocenters. The number of phenols is 1. The molecule has 0 spiro atoms. The quantitative estimate of drug-likeness (QED) is 0.786. The number of benzene rings is 1. The molecule has 1 aromatic rings. The van der Waals surface area contributed by atoms with Crippen molar-refractivity contribution in [2.24, 2.45) is 0 Å². The number of aliphatic hydroxyl groups excluding tert-OH is 1. The minimum absolute atomic E-state index is 0.0349. The predicted octanol–water partition coefficient (Wildman–Crippen LogP) is 4.81.